The average molecular weight is 695 g/mol. The first-order valence-corrected chi connectivity index (χ1v) is 16.1. The molecule has 0 atom stereocenters. The van der Waals surface area contributed by atoms with Gasteiger partial charge in [-0.2, -0.15) is 0 Å². The second-order valence-corrected chi connectivity index (χ2v) is 11.9. The van der Waals surface area contributed by atoms with Crippen molar-refractivity contribution in [2.24, 2.45) is 4.99 Å². The largest absolute Gasteiger partial charge is 0.309 e. The molecule has 0 saturated carbocycles. The van der Waals surface area contributed by atoms with Gasteiger partial charge in [0, 0.05) is 50.0 Å². The van der Waals surface area contributed by atoms with Gasteiger partial charge in [0.15, 0.2) is 3.84 Å². The number of benzene rings is 5. The molecule has 2 heterocycles. The number of hydrogen-bond donors (Lipinski definition) is 1. The van der Waals surface area contributed by atoms with Crippen LogP contribution in [0.15, 0.2) is 145 Å². The minimum Gasteiger partial charge on any atom is -0.309 e. The van der Waals surface area contributed by atoms with Gasteiger partial charge in [-0.05, 0) is 61.4 Å². The third kappa shape index (κ3) is 5.13. The number of aromatic nitrogens is 2. The Bertz CT molecular complexity index is 2290. The van der Waals surface area contributed by atoms with E-state index in [0.717, 1.165) is 48.6 Å². The first-order chi connectivity index (χ1) is 22.1. The summed E-state index contributed by atoms with van der Waals surface area (Å²) in [6.07, 6.45) is 6.13. The normalized spacial score (nSPS) is 12.6. The van der Waals surface area contributed by atoms with Gasteiger partial charge in [0.05, 0.1) is 33.7 Å². The van der Waals surface area contributed by atoms with E-state index in [1.807, 2.05) is 54.6 Å². The van der Waals surface area contributed by atoms with Gasteiger partial charge in [-0.3, -0.25) is 4.57 Å². The molecule has 0 amide bonds. The van der Waals surface area contributed by atoms with Gasteiger partial charge in [0.2, 0.25) is 0 Å². The van der Waals surface area contributed by atoms with E-state index in [-0.39, 0.29) is 0 Å². The van der Waals surface area contributed by atoms with E-state index >= 15 is 0 Å². The number of aryl methyl sites for hydroxylation is 1. The van der Waals surface area contributed by atoms with Crippen LogP contribution in [-0.4, -0.2) is 18.7 Å². The Morgan fingerprint density at radius 2 is 1.33 bits per heavy atom. The van der Waals surface area contributed by atoms with E-state index in [0.29, 0.717) is 5.71 Å². The van der Waals surface area contributed by atoms with Crippen LogP contribution in [0.2, 0.25) is 0 Å². The fraction of sp³-hybridized carbons (Fsp3) is 0.0500. The van der Waals surface area contributed by atoms with E-state index in [1.54, 1.807) is 0 Å². The molecule has 45 heavy (non-hydrogen) atoms. The summed E-state index contributed by atoms with van der Waals surface area (Å²) in [5.41, 5.74) is 9.82. The van der Waals surface area contributed by atoms with E-state index in [2.05, 4.69) is 137 Å². The summed E-state index contributed by atoms with van der Waals surface area (Å²) in [4.78, 5) is 5.29. The van der Waals surface area contributed by atoms with E-state index in [4.69, 9.17) is 10.4 Å². The van der Waals surface area contributed by atoms with Crippen LogP contribution in [0.1, 0.15) is 29.3 Å². The Kier molecular flexibility index (Phi) is 7.78. The maximum Gasteiger partial charge on any atom is 0.176 e. The molecule has 0 aliphatic heterocycles. The van der Waals surface area contributed by atoms with Gasteiger partial charge < -0.3 is 9.98 Å². The molecule has 4 nitrogen and oxygen atoms in total. The maximum atomic E-state index is 8.92. The fourth-order valence-corrected chi connectivity index (χ4v) is 6.94. The summed E-state index contributed by atoms with van der Waals surface area (Å²) >= 11 is 2.37. The third-order valence-electron chi connectivity index (χ3n) is 8.24. The Hall–Kier alpha value is -5.01. The van der Waals surface area contributed by atoms with Crippen LogP contribution in [0.4, 0.5) is 0 Å². The predicted octanol–water partition coefficient (Wildman–Crippen LogP) is 10.8. The van der Waals surface area contributed by atoms with Crippen LogP contribution in [0.25, 0.3) is 50.2 Å². The molecule has 0 aliphatic carbocycles. The molecule has 0 aliphatic rings. The van der Waals surface area contributed by atoms with Gasteiger partial charge in [-0.15, -0.1) is 0 Å². The monoisotopic (exact) mass is 694 g/mol. The highest BCUT2D eigenvalue weighted by atomic mass is 127. The predicted molar refractivity (Wildman–Crippen MR) is 200 cm³/mol. The number of para-hydroxylation sites is 2. The first kappa shape index (κ1) is 28.7. The Balaban J connectivity index is 1.54. The molecule has 0 saturated heterocycles. The molecule has 5 aromatic carbocycles. The second kappa shape index (κ2) is 12.2. The SMILES string of the molecule is C/C=C\c1c(C)c2ccc3c(c4ccccc4n3-c3ccccc3)c2n1/C(I)=N/C(=C\C(=N)c1ccccc1)c1ccccc1. The van der Waals surface area contributed by atoms with Crippen molar-refractivity contribution in [1.82, 2.24) is 9.13 Å². The molecule has 1 N–H and O–H groups in total. The summed E-state index contributed by atoms with van der Waals surface area (Å²) in [6.45, 7) is 4.25. The van der Waals surface area contributed by atoms with Crippen LogP contribution in [-0.2, 0) is 0 Å². The minimum absolute atomic E-state index is 0.415. The highest BCUT2D eigenvalue weighted by Crippen LogP contribution is 2.40. The molecular weight excluding hydrogens is 663 g/mol. The van der Waals surface area contributed by atoms with Crippen molar-refractivity contribution >= 4 is 76.6 Å². The second-order valence-electron chi connectivity index (χ2n) is 10.9. The van der Waals surface area contributed by atoms with Crippen molar-refractivity contribution in [3.8, 4) is 5.69 Å². The van der Waals surface area contributed by atoms with Gasteiger partial charge in [0.25, 0.3) is 0 Å². The number of fused-ring (bicyclic) bond motifs is 5. The zero-order valence-electron chi connectivity index (χ0n) is 25.1. The molecule has 0 fully saturated rings. The highest BCUT2D eigenvalue weighted by molar-refractivity contribution is 14.1. The number of nitrogens with zero attached hydrogens (tertiary/aromatic N) is 3. The molecule has 5 heteroatoms. The summed E-state index contributed by atoms with van der Waals surface area (Å²) in [6, 6.07) is 43.7. The van der Waals surface area contributed by atoms with Crippen LogP contribution >= 0.6 is 22.6 Å². The van der Waals surface area contributed by atoms with Crippen molar-refractivity contribution in [1.29, 1.82) is 5.41 Å². The van der Waals surface area contributed by atoms with E-state index in [1.165, 1.54) is 21.7 Å². The Morgan fingerprint density at radius 1 is 0.711 bits per heavy atom. The van der Waals surface area contributed by atoms with Crippen LogP contribution in [0.3, 0.4) is 0 Å². The van der Waals surface area contributed by atoms with Gasteiger partial charge in [-0.1, -0.05) is 109 Å². The average Bonchev–Trinajstić information content (AvgIpc) is 3.57. The van der Waals surface area contributed by atoms with Crippen molar-refractivity contribution in [3.05, 3.63) is 162 Å². The lowest BCUT2D eigenvalue weighted by molar-refractivity contribution is 1.18. The van der Waals surface area contributed by atoms with Crippen LogP contribution < -0.4 is 0 Å². The summed E-state index contributed by atoms with van der Waals surface area (Å²) < 4.78 is 5.45. The number of rotatable bonds is 6. The molecule has 0 radical (unpaired) electrons. The molecule has 218 valence electrons. The van der Waals surface area contributed by atoms with Gasteiger partial charge >= 0.3 is 0 Å². The topological polar surface area (TPSA) is 46.1 Å². The van der Waals surface area contributed by atoms with Crippen molar-refractivity contribution in [2.45, 2.75) is 13.8 Å². The van der Waals surface area contributed by atoms with E-state index < -0.39 is 0 Å². The standard InChI is InChI=1S/C40H31IN4/c1-3-15-35-27(2)31-24-25-37-38(32-22-13-14-23-36(32)44(37)30-20-11-6-12-21-30)39(31)45(35)40(41)43-34(29-18-9-5-10-19-29)26-33(42)28-16-7-4-8-17-28/h3-26,42H,1-2H3/b15-3-,34-26-,42-33?,43-40+. The lowest BCUT2D eigenvalue weighted by atomic mass is 10.1. The first-order valence-electron chi connectivity index (χ1n) is 15.0. The number of nitrogens with one attached hydrogen (secondary N) is 1. The number of hydrogen-bond acceptors (Lipinski definition) is 2. The minimum atomic E-state index is 0.415. The quantitative estimate of drug-likeness (QED) is 0.102. The highest BCUT2D eigenvalue weighted by Gasteiger charge is 2.22. The zero-order valence-corrected chi connectivity index (χ0v) is 27.2. The smallest absolute Gasteiger partial charge is 0.176 e. The van der Waals surface area contributed by atoms with Crippen LogP contribution in [0, 0.1) is 12.3 Å². The Morgan fingerprint density at radius 3 is 2.02 bits per heavy atom. The lowest BCUT2D eigenvalue weighted by Crippen LogP contribution is -2.07. The number of halogens is 1. The molecule has 0 bridgehead atoms. The van der Waals surface area contributed by atoms with Crippen molar-refractivity contribution in [3.63, 3.8) is 0 Å². The number of allylic oxidation sites excluding steroid dienone is 2. The molecule has 7 aromatic rings. The van der Waals surface area contributed by atoms with Crippen LogP contribution in [0.5, 0.6) is 0 Å². The maximum absolute atomic E-state index is 8.92. The Labute approximate surface area is 276 Å². The zero-order chi connectivity index (χ0) is 30.9. The summed E-state index contributed by atoms with van der Waals surface area (Å²) in [7, 11) is 0. The van der Waals surface area contributed by atoms with Gasteiger partial charge in [0.1, 0.15) is 0 Å². The molecule has 0 spiro atoms. The summed E-state index contributed by atoms with van der Waals surface area (Å²) in [5.74, 6) is 0. The van der Waals surface area contributed by atoms with Crippen molar-refractivity contribution in [2.75, 3.05) is 0 Å². The summed E-state index contributed by atoms with van der Waals surface area (Å²) in [5, 5.41) is 12.5. The molecular formula is C40H31IN4. The van der Waals surface area contributed by atoms with Crippen molar-refractivity contribution < 1.29 is 0 Å². The van der Waals surface area contributed by atoms with E-state index in [9.17, 15) is 0 Å². The van der Waals surface area contributed by atoms with Gasteiger partial charge in [-0.25, -0.2) is 4.99 Å². The number of aliphatic imine (C=N–C) groups is 1. The lowest BCUT2D eigenvalue weighted by Gasteiger charge is -2.11. The third-order valence-corrected chi connectivity index (χ3v) is 8.96. The fourth-order valence-electron chi connectivity index (χ4n) is 6.18. The molecule has 7 rings (SSSR count). The molecule has 2 aromatic heterocycles. The molecule has 0 unspecified atom stereocenters.